The van der Waals surface area contributed by atoms with Crippen molar-refractivity contribution in [2.45, 2.75) is 0 Å². The summed E-state index contributed by atoms with van der Waals surface area (Å²) in [6.07, 6.45) is 0. The maximum Gasteiger partial charge on any atom is 1.00 e. The SMILES string of the molecule is N.O=P(O)(O)O.O=S(=O)(O)O.[H+].[H+].[H-].[K+]. The molecule has 0 rings (SSSR count). The average molecular weight is 255 g/mol. The number of hydrogen-bond donors (Lipinski definition) is 6. The van der Waals surface area contributed by atoms with E-state index in [0.717, 1.165) is 0 Å². The summed E-state index contributed by atoms with van der Waals surface area (Å²) >= 11 is 0. The summed E-state index contributed by atoms with van der Waals surface area (Å²) in [5.74, 6) is 0. The summed E-state index contributed by atoms with van der Waals surface area (Å²) in [7, 11) is -9.31. The van der Waals surface area contributed by atoms with Crippen LogP contribution in [-0.2, 0) is 15.0 Å². The van der Waals surface area contributed by atoms with E-state index in [1.165, 1.54) is 0 Å². The van der Waals surface area contributed by atoms with Gasteiger partial charge >= 0.3 is 72.5 Å². The zero-order chi connectivity index (χ0) is 9.00. The van der Waals surface area contributed by atoms with Gasteiger partial charge in [0.15, 0.2) is 0 Å². The van der Waals surface area contributed by atoms with Crippen LogP contribution in [0.25, 0.3) is 0 Å². The van der Waals surface area contributed by atoms with E-state index in [-0.39, 0.29) is 61.8 Å². The fraction of sp³-hybridized carbons (Fsp3) is 0. The smallest absolute Gasteiger partial charge is 1.00 e. The van der Waals surface area contributed by atoms with Gasteiger partial charge in [0.25, 0.3) is 0 Å². The van der Waals surface area contributed by atoms with Gasteiger partial charge in [0.2, 0.25) is 0 Å². The largest absolute Gasteiger partial charge is 1.00 e. The van der Waals surface area contributed by atoms with Crippen LogP contribution < -0.4 is 57.5 Å². The zero-order valence-corrected chi connectivity index (χ0v) is 10.9. The second kappa shape index (κ2) is 9.14. The molecule has 0 bridgehead atoms. The van der Waals surface area contributed by atoms with Crippen LogP contribution in [0.5, 0.6) is 0 Å². The first kappa shape index (κ1) is 23.4. The van der Waals surface area contributed by atoms with Crippen LogP contribution in [0.4, 0.5) is 0 Å². The van der Waals surface area contributed by atoms with Crippen molar-refractivity contribution < 1.29 is 92.4 Å². The minimum absolute atomic E-state index is 0. The molecule has 0 aromatic carbocycles. The van der Waals surface area contributed by atoms with Gasteiger partial charge in [-0.05, 0) is 0 Å². The van der Waals surface area contributed by atoms with Gasteiger partial charge in [-0.2, -0.15) is 8.42 Å². The molecule has 0 unspecified atom stereocenters. The van der Waals surface area contributed by atoms with E-state index in [2.05, 4.69) is 0 Å². The summed E-state index contributed by atoms with van der Waals surface area (Å²) in [5, 5.41) is 0. The Bertz CT molecular complexity index is 208. The summed E-state index contributed by atoms with van der Waals surface area (Å²) in [5.41, 5.74) is 0. The molecule has 0 amide bonds. The molecular weight excluding hydrogens is 244 g/mol. The monoisotopic (exact) mass is 255 g/mol. The Morgan fingerprint density at radius 1 is 1.17 bits per heavy atom. The Hall–Kier alpha value is 1.58. The van der Waals surface area contributed by atoms with Crippen LogP contribution in [0.3, 0.4) is 0 Å². The van der Waals surface area contributed by atoms with Crippen molar-refractivity contribution in [1.82, 2.24) is 6.15 Å². The standard InChI is InChI=1S/K.H3N.H3O4P.H2O4S.H/c;;2*1-5(2,3)4;/h;1H3;(H3,1,2,3,4);(H2,1,2,3,4);/q+1;;;;-1/p+2. The number of phosphoric acid groups is 1. The van der Waals surface area contributed by atoms with E-state index in [9.17, 15) is 0 Å². The Balaban J connectivity index is -0.0000000128. The van der Waals surface area contributed by atoms with Gasteiger partial charge in [0.05, 0.1) is 0 Å². The molecule has 0 aliphatic heterocycles. The van der Waals surface area contributed by atoms with Crippen LogP contribution in [0.15, 0.2) is 0 Å². The first-order valence-corrected chi connectivity index (χ1v) is 4.44. The van der Waals surface area contributed by atoms with E-state index >= 15 is 0 Å². The third-order valence-corrected chi connectivity index (χ3v) is 0. The second-order valence-corrected chi connectivity index (χ2v) is 2.88. The molecule has 0 saturated heterocycles. The first-order valence-electron chi connectivity index (χ1n) is 1.48. The third kappa shape index (κ3) is 521. The minimum atomic E-state index is -4.67. The molecule has 0 aliphatic rings. The van der Waals surface area contributed by atoms with E-state index in [0.29, 0.717) is 0 Å². The van der Waals surface area contributed by atoms with Crippen molar-refractivity contribution >= 4 is 18.2 Å². The molecule has 0 aromatic rings. The maximum absolute atomic E-state index is 8.88. The molecule has 0 fully saturated rings. The van der Waals surface area contributed by atoms with Crippen LogP contribution in [0.1, 0.15) is 4.28 Å². The van der Waals surface area contributed by atoms with Gasteiger partial charge in [-0.3, -0.25) is 9.11 Å². The van der Waals surface area contributed by atoms with Crippen LogP contribution in [0, 0.1) is 0 Å². The van der Waals surface area contributed by atoms with Crippen molar-refractivity contribution in [1.29, 1.82) is 0 Å². The summed E-state index contributed by atoms with van der Waals surface area (Å²) in [4.78, 5) is 21.6. The summed E-state index contributed by atoms with van der Waals surface area (Å²) in [6.45, 7) is 0. The number of hydrogen-bond acceptors (Lipinski definition) is 4. The summed E-state index contributed by atoms with van der Waals surface area (Å²) < 4.78 is 40.5. The van der Waals surface area contributed by atoms with Crippen molar-refractivity contribution in [3.05, 3.63) is 0 Å². The van der Waals surface area contributed by atoms with Crippen molar-refractivity contribution in [2.24, 2.45) is 0 Å². The van der Waals surface area contributed by atoms with Gasteiger partial charge in [-0.1, -0.05) is 0 Å². The topological polar surface area (TPSA) is 187 Å². The molecule has 0 radical (unpaired) electrons. The fourth-order valence-electron chi connectivity index (χ4n) is 0. The third-order valence-electron chi connectivity index (χ3n) is 0. The zero-order valence-electron chi connectivity index (χ0n) is 9.02. The molecule has 0 aliphatic carbocycles. The van der Waals surface area contributed by atoms with Crippen LogP contribution in [-0.4, -0.2) is 32.2 Å². The molecule has 12 heteroatoms. The van der Waals surface area contributed by atoms with Crippen molar-refractivity contribution in [2.75, 3.05) is 0 Å². The van der Waals surface area contributed by atoms with Gasteiger partial charge < -0.3 is 22.3 Å². The normalized spacial score (nSPS) is 9.75. The Morgan fingerprint density at radius 2 is 1.17 bits per heavy atom. The van der Waals surface area contributed by atoms with Gasteiger partial charge in [-0.25, -0.2) is 4.57 Å². The van der Waals surface area contributed by atoms with E-state index in [4.69, 9.17) is 36.8 Å². The number of rotatable bonds is 0. The summed E-state index contributed by atoms with van der Waals surface area (Å²) in [6, 6.07) is 0. The first-order chi connectivity index (χ1) is 4.00. The Labute approximate surface area is 115 Å². The molecular formula is H11KNO8PS+2. The molecule has 0 saturated carbocycles. The van der Waals surface area contributed by atoms with Crippen molar-refractivity contribution in [3.63, 3.8) is 0 Å². The average Bonchev–Trinajstić information content (AvgIpc) is 1.12. The molecule has 0 heterocycles. The van der Waals surface area contributed by atoms with E-state index in [1.807, 2.05) is 0 Å². The van der Waals surface area contributed by atoms with Gasteiger partial charge in [0, 0.05) is 0 Å². The molecule has 12 heavy (non-hydrogen) atoms. The Kier molecular flexibility index (Phi) is 17.8. The molecule has 0 spiro atoms. The predicted molar refractivity (Wildman–Crippen MR) is 36.8 cm³/mol. The second-order valence-electron chi connectivity index (χ2n) is 0.961. The molecule has 74 valence electrons. The molecule has 9 nitrogen and oxygen atoms in total. The predicted octanol–water partition coefficient (Wildman–Crippen LogP) is -4.08. The fourth-order valence-corrected chi connectivity index (χ4v) is 0. The Morgan fingerprint density at radius 3 is 1.17 bits per heavy atom. The maximum atomic E-state index is 8.88. The molecule has 0 atom stereocenters. The minimum Gasteiger partial charge on any atom is -1.00 e. The van der Waals surface area contributed by atoms with Crippen molar-refractivity contribution in [3.8, 4) is 0 Å². The van der Waals surface area contributed by atoms with Crippen LogP contribution in [0.2, 0.25) is 0 Å². The van der Waals surface area contributed by atoms with Gasteiger partial charge in [-0.15, -0.1) is 0 Å². The van der Waals surface area contributed by atoms with Crippen LogP contribution >= 0.6 is 7.82 Å². The quantitative estimate of drug-likeness (QED) is 0.142. The van der Waals surface area contributed by atoms with E-state index in [1.54, 1.807) is 0 Å². The molecule has 8 N–H and O–H groups in total. The van der Waals surface area contributed by atoms with Gasteiger partial charge in [0.1, 0.15) is 0 Å². The van der Waals surface area contributed by atoms with E-state index < -0.39 is 18.2 Å². The molecule has 0 aromatic heterocycles.